The second-order valence-electron chi connectivity index (χ2n) is 11.1. The van der Waals surface area contributed by atoms with Crippen LogP contribution in [0.1, 0.15) is 57.4 Å². The lowest BCUT2D eigenvalue weighted by Gasteiger charge is -2.27. The second-order valence-corrected chi connectivity index (χ2v) is 11.1. The molecule has 0 aliphatic carbocycles. The summed E-state index contributed by atoms with van der Waals surface area (Å²) in [5.41, 5.74) is 3.89. The van der Waals surface area contributed by atoms with Gasteiger partial charge in [-0.25, -0.2) is 0 Å². The molecule has 1 heterocycles. The lowest BCUT2D eigenvalue weighted by atomic mass is 9.85. The van der Waals surface area contributed by atoms with Crippen LogP contribution in [0.2, 0.25) is 0 Å². The van der Waals surface area contributed by atoms with E-state index in [9.17, 15) is 14.7 Å². The first-order chi connectivity index (χ1) is 17.9. The Morgan fingerprint density at radius 3 is 1.97 bits per heavy atom. The van der Waals surface area contributed by atoms with Crippen molar-refractivity contribution in [2.45, 2.75) is 52.2 Å². The predicted octanol–water partition coefficient (Wildman–Crippen LogP) is 6.46. The molecular formula is C32H36N2O4. The third-order valence-electron chi connectivity index (χ3n) is 6.68. The van der Waals surface area contributed by atoms with Gasteiger partial charge in [-0.1, -0.05) is 45.0 Å². The SMILES string of the molecule is CC(C)Oc1ccc(/C(O)=C2/C(=O)C(=O)N(c3ccc(N(C)C)cc3)C2c2ccc(C(C)(C)C)cc2)cc1. The second kappa shape index (κ2) is 10.4. The van der Waals surface area contributed by atoms with Gasteiger partial charge in [0.05, 0.1) is 17.7 Å². The molecule has 4 rings (SSSR count). The molecule has 0 bridgehead atoms. The Hall–Kier alpha value is -4.06. The number of anilines is 2. The number of carbonyl (C=O) groups excluding carboxylic acids is 2. The number of ether oxygens (including phenoxy) is 1. The zero-order valence-corrected chi connectivity index (χ0v) is 23.1. The standard InChI is InChI=1S/C32H36N2O4/c1-20(2)38-26-18-10-22(11-19-26)29(35)27-28(21-8-12-23(13-9-21)32(3,4)5)34(31(37)30(27)36)25-16-14-24(15-17-25)33(6)7/h8-20,28,35H,1-7H3/b29-27-. The average Bonchev–Trinajstić information content (AvgIpc) is 3.13. The van der Waals surface area contributed by atoms with E-state index in [1.807, 2.05) is 81.4 Å². The van der Waals surface area contributed by atoms with Crippen LogP contribution >= 0.6 is 0 Å². The van der Waals surface area contributed by atoms with Gasteiger partial charge in [0.2, 0.25) is 0 Å². The van der Waals surface area contributed by atoms with Gasteiger partial charge in [0.1, 0.15) is 11.5 Å². The number of aliphatic hydroxyl groups is 1. The summed E-state index contributed by atoms with van der Waals surface area (Å²) in [5, 5.41) is 11.4. The maximum absolute atomic E-state index is 13.5. The Kier molecular flexibility index (Phi) is 7.36. The number of rotatable bonds is 6. The highest BCUT2D eigenvalue weighted by atomic mass is 16.5. The Bertz CT molecular complexity index is 1350. The molecule has 1 N–H and O–H groups in total. The van der Waals surface area contributed by atoms with Crippen molar-refractivity contribution in [2.75, 3.05) is 23.9 Å². The number of Topliss-reactive ketones (excluding diaryl/α,β-unsaturated/α-hetero) is 1. The fraction of sp³-hybridized carbons (Fsp3) is 0.312. The molecule has 6 nitrogen and oxygen atoms in total. The van der Waals surface area contributed by atoms with E-state index < -0.39 is 17.7 Å². The van der Waals surface area contributed by atoms with Crippen LogP contribution in [-0.2, 0) is 15.0 Å². The normalized spacial score (nSPS) is 17.3. The molecule has 0 radical (unpaired) electrons. The van der Waals surface area contributed by atoms with Crippen molar-refractivity contribution in [3.8, 4) is 5.75 Å². The van der Waals surface area contributed by atoms with Gasteiger partial charge in [0.25, 0.3) is 11.7 Å². The molecule has 1 aliphatic rings. The Morgan fingerprint density at radius 2 is 1.47 bits per heavy atom. The highest BCUT2D eigenvalue weighted by molar-refractivity contribution is 6.51. The third kappa shape index (κ3) is 5.30. The van der Waals surface area contributed by atoms with Crippen LogP contribution in [0.5, 0.6) is 5.75 Å². The number of amides is 1. The molecule has 198 valence electrons. The van der Waals surface area contributed by atoms with E-state index in [0.29, 0.717) is 17.0 Å². The van der Waals surface area contributed by atoms with Gasteiger partial charge in [-0.2, -0.15) is 0 Å². The van der Waals surface area contributed by atoms with Crippen LogP contribution in [0.15, 0.2) is 78.4 Å². The molecule has 0 saturated carbocycles. The van der Waals surface area contributed by atoms with E-state index in [2.05, 4.69) is 20.8 Å². The van der Waals surface area contributed by atoms with Crippen molar-refractivity contribution in [1.29, 1.82) is 0 Å². The number of aliphatic hydroxyl groups excluding tert-OH is 1. The van der Waals surface area contributed by atoms with Crippen LogP contribution in [-0.4, -0.2) is 37.0 Å². The Labute approximate surface area is 225 Å². The number of benzene rings is 3. The van der Waals surface area contributed by atoms with E-state index in [-0.39, 0.29) is 22.9 Å². The first-order valence-electron chi connectivity index (χ1n) is 12.8. The van der Waals surface area contributed by atoms with Crippen LogP contribution in [0, 0.1) is 0 Å². The highest BCUT2D eigenvalue weighted by Crippen LogP contribution is 2.43. The van der Waals surface area contributed by atoms with E-state index in [1.54, 1.807) is 24.3 Å². The highest BCUT2D eigenvalue weighted by Gasteiger charge is 2.47. The molecule has 1 saturated heterocycles. The van der Waals surface area contributed by atoms with Gasteiger partial charge < -0.3 is 14.7 Å². The molecule has 0 aromatic heterocycles. The minimum absolute atomic E-state index is 0.00901. The fourth-order valence-corrected chi connectivity index (χ4v) is 4.61. The maximum Gasteiger partial charge on any atom is 0.300 e. The molecule has 1 aliphatic heterocycles. The summed E-state index contributed by atoms with van der Waals surface area (Å²) in [6.07, 6.45) is 0.00901. The molecule has 38 heavy (non-hydrogen) atoms. The molecule has 1 fully saturated rings. The third-order valence-corrected chi connectivity index (χ3v) is 6.68. The minimum Gasteiger partial charge on any atom is -0.507 e. The van der Waals surface area contributed by atoms with Gasteiger partial charge in [-0.3, -0.25) is 14.5 Å². The summed E-state index contributed by atoms with van der Waals surface area (Å²) in [4.78, 5) is 30.4. The zero-order chi connectivity index (χ0) is 27.8. The molecular weight excluding hydrogens is 476 g/mol. The van der Waals surface area contributed by atoms with Crippen molar-refractivity contribution in [3.05, 3.63) is 95.1 Å². The monoisotopic (exact) mass is 512 g/mol. The summed E-state index contributed by atoms with van der Waals surface area (Å²) < 4.78 is 5.71. The van der Waals surface area contributed by atoms with Gasteiger partial charge in [-0.15, -0.1) is 0 Å². The molecule has 1 atom stereocenters. The fourth-order valence-electron chi connectivity index (χ4n) is 4.61. The Balaban J connectivity index is 1.85. The van der Waals surface area contributed by atoms with Crippen molar-refractivity contribution in [2.24, 2.45) is 0 Å². The lowest BCUT2D eigenvalue weighted by Crippen LogP contribution is -2.29. The number of hydrogen-bond donors (Lipinski definition) is 1. The van der Waals surface area contributed by atoms with Crippen molar-refractivity contribution in [1.82, 2.24) is 0 Å². The number of carbonyl (C=O) groups is 2. The number of hydrogen-bond acceptors (Lipinski definition) is 5. The molecule has 3 aromatic carbocycles. The van der Waals surface area contributed by atoms with Crippen molar-refractivity contribution in [3.63, 3.8) is 0 Å². The molecule has 1 amide bonds. The summed E-state index contributed by atoms with van der Waals surface area (Å²) in [5.74, 6) is -0.940. The van der Waals surface area contributed by atoms with Crippen molar-refractivity contribution >= 4 is 28.8 Å². The van der Waals surface area contributed by atoms with Crippen LogP contribution in [0.4, 0.5) is 11.4 Å². The summed E-state index contributed by atoms with van der Waals surface area (Å²) in [6.45, 7) is 10.3. The maximum atomic E-state index is 13.5. The van der Waals surface area contributed by atoms with Crippen LogP contribution in [0.3, 0.4) is 0 Å². The van der Waals surface area contributed by atoms with Gasteiger partial charge in [-0.05, 0) is 78.9 Å². The lowest BCUT2D eigenvalue weighted by molar-refractivity contribution is -0.132. The minimum atomic E-state index is -0.777. The number of nitrogens with zero attached hydrogens (tertiary/aromatic N) is 2. The zero-order valence-electron chi connectivity index (χ0n) is 23.1. The summed E-state index contributed by atoms with van der Waals surface area (Å²) >= 11 is 0. The van der Waals surface area contributed by atoms with E-state index in [4.69, 9.17) is 4.74 Å². The van der Waals surface area contributed by atoms with Gasteiger partial charge in [0, 0.05) is 31.0 Å². The smallest absolute Gasteiger partial charge is 0.300 e. The number of ketones is 1. The van der Waals surface area contributed by atoms with Crippen LogP contribution in [0.25, 0.3) is 5.76 Å². The molecule has 6 heteroatoms. The largest absolute Gasteiger partial charge is 0.507 e. The molecule has 3 aromatic rings. The van der Waals surface area contributed by atoms with Crippen LogP contribution < -0.4 is 14.5 Å². The first kappa shape index (κ1) is 27.0. The van der Waals surface area contributed by atoms with Gasteiger partial charge in [0.15, 0.2) is 0 Å². The predicted molar refractivity (Wildman–Crippen MR) is 153 cm³/mol. The average molecular weight is 513 g/mol. The van der Waals surface area contributed by atoms with Gasteiger partial charge >= 0.3 is 0 Å². The Morgan fingerprint density at radius 1 is 0.895 bits per heavy atom. The summed E-state index contributed by atoms with van der Waals surface area (Å²) in [7, 11) is 3.88. The molecule has 0 spiro atoms. The quantitative estimate of drug-likeness (QED) is 0.233. The topological polar surface area (TPSA) is 70.1 Å². The van der Waals surface area contributed by atoms with E-state index in [0.717, 1.165) is 16.8 Å². The summed E-state index contributed by atoms with van der Waals surface area (Å²) in [6, 6.07) is 21.5. The first-order valence-corrected chi connectivity index (χ1v) is 12.8. The van der Waals surface area contributed by atoms with E-state index in [1.165, 1.54) is 4.90 Å². The molecule has 1 unspecified atom stereocenters. The van der Waals surface area contributed by atoms with E-state index >= 15 is 0 Å². The van der Waals surface area contributed by atoms with Crippen molar-refractivity contribution < 1.29 is 19.4 Å².